The van der Waals surface area contributed by atoms with Crippen molar-refractivity contribution >= 4 is 46.5 Å². The third kappa shape index (κ3) is 2.20. The van der Waals surface area contributed by atoms with E-state index < -0.39 is 0 Å². The first kappa shape index (κ1) is 12.5. The van der Waals surface area contributed by atoms with Gasteiger partial charge in [0.15, 0.2) is 4.77 Å². The highest BCUT2D eigenvalue weighted by molar-refractivity contribution is 7.71. The van der Waals surface area contributed by atoms with Crippen LogP contribution in [0.1, 0.15) is 32.2 Å². The van der Waals surface area contributed by atoms with Crippen molar-refractivity contribution in [2.75, 3.05) is 0 Å². The highest BCUT2D eigenvalue weighted by atomic mass is 35.5. The Hall–Kier alpha value is -0.510. The van der Waals surface area contributed by atoms with Gasteiger partial charge in [-0.25, -0.2) is 0 Å². The topological polar surface area (TPSA) is 20.7 Å². The molecule has 1 heterocycles. The van der Waals surface area contributed by atoms with Crippen LogP contribution in [-0.4, -0.2) is 9.55 Å². The van der Waals surface area contributed by atoms with Gasteiger partial charge in [0.1, 0.15) is 0 Å². The summed E-state index contributed by atoms with van der Waals surface area (Å²) in [6.07, 6.45) is 3.89. The van der Waals surface area contributed by atoms with Crippen molar-refractivity contribution < 1.29 is 0 Å². The van der Waals surface area contributed by atoms with E-state index in [1.54, 1.807) is 0 Å². The minimum absolute atomic E-state index is 0.399. The summed E-state index contributed by atoms with van der Waals surface area (Å²) < 4.78 is 2.90. The molecule has 1 fully saturated rings. The Labute approximate surface area is 121 Å². The maximum Gasteiger partial charge on any atom is 0.178 e. The second-order valence-corrected chi connectivity index (χ2v) is 6.31. The predicted octanol–water partition coefficient (Wildman–Crippen LogP) is 5.37. The molecule has 0 bridgehead atoms. The maximum absolute atomic E-state index is 6.10. The van der Waals surface area contributed by atoms with Crippen molar-refractivity contribution in [1.29, 1.82) is 0 Å². The van der Waals surface area contributed by atoms with Crippen LogP contribution in [0, 0.1) is 10.7 Å². The molecule has 2 aromatic rings. The molecule has 5 heteroatoms. The predicted molar refractivity (Wildman–Crippen MR) is 79.2 cm³/mol. The van der Waals surface area contributed by atoms with Crippen molar-refractivity contribution in [3.05, 3.63) is 26.9 Å². The number of H-pyrrole nitrogens is 1. The lowest BCUT2D eigenvalue weighted by molar-refractivity contribution is 0.483. The van der Waals surface area contributed by atoms with E-state index in [0.29, 0.717) is 16.1 Å². The number of imidazole rings is 1. The first-order valence-corrected chi connectivity index (χ1v) is 7.32. The van der Waals surface area contributed by atoms with Gasteiger partial charge in [-0.3, -0.25) is 0 Å². The molecule has 1 atom stereocenters. The summed E-state index contributed by atoms with van der Waals surface area (Å²) in [5, 5.41) is 1.13. The summed E-state index contributed by atoms with van der Waals surface area (Å²) in [4.78, 5) is 3.20. The first-order valence-electron chi connectivity index (χ1n) is 6.15. The summed E-state index contributed by atoms with van der Waals surface area (Å²) in [6, 6.07) is 4.14. The van der Waals surface area contributed by atoms with Gasteiger partial charge in [0.25, 0.3) is 0 Å². The van der Waals surface area contributed by atoms with Gasteiger partial charge >= 0.3 is 0 Å². The highest BCUT2D eigenvalue weighted by Crippen LogP contribution is 2.38. The van der Waals surface area contributed by atoms with Gasteiger partial charge in [-0.15, -0.1) is 0 Å². The SMILES string of the molecule is CC(CC1CC1)n1c(=S)[nH]c2cc(Cl)c(Cl)cc21. The molecule has 0 aliphatic heterocycles. The minimum atomic E-state index is 0.399. The van der Waals surface area contributed by atoms with Crippen LogP contribution < -0.4 is 0 Å². The molecule has 0 saturated heterocycles. The molecule has 18 heavy (non-hydrogen) atoms. The van der Waals surface area contributed by atoms with E-state index in [9.17, 15) is 0 Å². The van der Waals surface area contributed by atoms with Gasteiger partial charge in [-0.2, -0.15) is 0 Å². The molecule has 1 aromatic carbocycles. The number of nitrogens with one attached hydrogen (secondary N) is 1. The van der Waals surface area contributed by atoms with Crippen LogP contribution in [0.2, 0.25) is 10.0 Å². The number of fused-ring (bicyclic) bond motifs is 1. The zero-order valence-corrected chi connectivity index (χ0v) is 12.4. The van der Waals surface area contributed by atoms with E-state index >= 15 is 0 Å². The summed E-state index contributed by atoms with van der Waals surface area (Å²) in [7, 11) is 0. The van der Waals surface area contributed by atoms with E-state index in [1.807, 2.05) is 12.1 Å². The third-order valence-electron chi connectivity index (χ3n) is 3.57. The van der Waals surface area contributed by atoms with Crippen molar-refractivity contribution in [2.24, 2.45) is 5.92 Å². The molecular weight excluding hydrogens is 287 g/mol. The molecule has 0 radical (unpaired) electrons. The molecular formula is C13H14Cl2N2S. The van der Waals surface area contributed by atoms with Crippen molar-refractivity contribution in [2.45, 2.75) is 32.2 Å². The van der Waals surface area contributed by atoms with Crippen LogP contribution in [0.4, 0.5) is 0 Å². The average Bonchev–Trinajstić information content (AvgIpc) is 3.03. The lowest BCUT2D eigenvalue weighted by Gasteiger charge is -2.14. The van der Waals surface area contributed by atoms with Gasteiger partial charge in [0.05, 0.1) is 21.1 Å². The number of hydrogen-bond donors (Lipinski definition) is 1. The maximum atomic E-state index is 6.10. The minimum Gasteiger partial charge on any atom is -0.331 e. The molecule has 0 spiro atoms. The number of halogens is 2. The van der Waals surface area contributed by atoms with Crippen molar-refractivity contribution in [3.8, 4) is 0 Å². The second kappa shape index (κ2) is 4.55. The Bertz CT molecular complexity index is 655. The van der Waals surface area contributed by atoms with Gasteiger partial charge in [-0.1, -0.05) is 36.0 Å². The third-order valence-corrected chi connectivity index (χ3v) is 4.59. The number of hydrogen-bond acceptors (Lipinski definition) is 1. The average molecular weight is 301 g/mol. The largest absolute Gasteiger partial charge is 0.331 e. The van der Waals surface area contributed by atoms with Crippen LogP contribution >= 0.6 is 35.4 Å². The van der Waals surface area contributed by atoms with Crippen LogP contribution in [0.15, 0.2) is 12.1 Å². The number of rotatable bonds is 3. The Balaban J connectivity index is 2.11. The Morgan fingerprint density at radius 3 is 2.72 bits per heavy atom. The molecule has 1 aliphatic rings. The molecule has 96 valence electrons. The number of benzene rings is 1. The molecule has 1 saturated carbocycles. The summed E-state index contributed by atoms with van der Waals surface area (Å²) in [5.41, 5.74) is 2.00. The molecule has 0 amide bonds. The van der Waals surface area contributed by atoms with Gasteiger partial charge in [0, 0.05) is 6.04 Å². The fourth-order valence-corrected chi connectivity index (χ4v) is 3.21. The molecule has 1 aromatic heterocycles. The van der Waals surface area contributed by atoms with Crippen LogP contribution in [0.25, 0.3) is 11.0 Å². The normalized spacial score (nSPS) is 17.3. The lowest BCUT2D eigenvalue weighted by atomic mass is 10.1. The zero-order chi connectivity index (χ0) is 12.9. The summed E-state index contributed by atoms with van der Waals surface area (Å²) >= 11 is 17.5. The van der Waals surface area contributed by atoms with E-state index in [4.69, 9.17) is 35.4 Å². The molecule has 1 N–H and O–H groups in total. The summed E-state index contributed by atoms with van der Waals surface area (Å²) in [5.74, 6) is 0.870. The second-order valence-electron chi connectivity index (χ2n) is 5.11. The standard InChI is InChI=1S/C13H14Cl2N2S/c1-7(4-8-2-3-8)17-12-6-10(15)9(14)5-11(12)16-13(17)18/h5-8H,2-4H2,1H3,(H,16,18). The van der Waals surface area contributed by atoms with E-state index in [-0.39, 0.29) is 0 Å². The molecule has 2 nitrogen and oxygen atoms in total. The lowest BCUT2D eigenvalue weighted by Crippen LogP contribution is -2.05. The first-order chi connectivity index (χ1) is 8.56. The monoisotopic (exact) mass is 300 g/mol. The molecule has 1 aliphatic carbocycles. The molecule has 3 rings (SSSR count). The Kier molecular flexibility index (Phi) is 3.16. The van der Waals surface area contributed by atoms with Crippen LogP contribution in [0.5, 0.6) is 0 Å². The highest BCUT2D eigenvalue weighted by Gasteiger charge is 2.25. The quantitative estimate of drug-likeness (QED) is 0.756. The van der Waals surface area contributed by atoms with Crippen molar-refractivity contribution in [1.82, 2.24) is 9.55 Å². The zero-order valence-electron chi connectivity index (χ0n) is 10.0. The van der Waals surface area contributed by atoms with E-state index in [0.717, 1.165) is 21.7 Å². The van der Waals surface area contributed by atoms with E-state index in [2.05, 4.69) is 16.5 Å². The van der Waals surface area contributed by atoms with Crippen molar-refractivity contribution in [3.63, 3.8) is 0 Å². The van der Waals surface area contributed by atoms with Crippen LogP contribution in [-0.2, 0) is 0 Å². The van der Waals surface area contributed by atoms with Gasteiger partial charge < -0.3 is 9.55 Å². The fraction of sp³-hybridized carbons (Fsp3) is 0.462. The number of aromatic amines is 1. The Morgan fingerprint density at radius 1 is 1.39 bits per heavy atom. The number of aromatic nitrogens is 2. The van der Waals surface area contributed by atoms with Crippen LogP contribution in [0.3, 0.4) is 0 Å². The van der Waals surface area contributed by atoms with Gasteiger partial charge in [0.2, 0.25) is 0 Å². The molecule has 1 unspecified atom stereocenters. The van der Waals surface area contributed by atoms with E-state index in [1.165, 1.54) is 19.3 Å². The summed E-state index contributed by atoms with van der Waals surface area (Å²) in [6.45, 7) is 2.21. The van der Waals surface area contributed by atoms with Gasteiger partial charge in [-0.05, 0) is 43.6 Å². The fourth-order valence-electron chi connectivity index (χ4n) is 2.50. The Morgan fingerprint density at radius 2 is 2.06 bits per heavy atom. The smallest absolute Gasteiger partial charge is 0.178 e. The number of nitrogens with zero attached hydrogens (tertiary/aromatic N) is 1.